The van der Waals surface area contributed by atoms with Crippen LogP contribution >= 0.6 is 0 Å². The van der Waals surface area contributed by atoms with Crippen LogP contribution in [0, 0.1) is 0 Å². The number of para-hydroxylation sites is 1. The number of ether oxygens (including phenoxy) is 1. The molecule has 2 heterocycles. The van der Waals surface area contributed by atoms with Gasteiger partial charge in [0.15, 0.2) is 17.5 Å². The van der Waals surface area contributed by atoms with Crippen LogP contribution in [0.25, 0.3) is 45.3 Å². The van der Waals surface area contributed by atoms with Gasteiger partial charge in [-0.3, -0.25) is 0 Å². The van der Waals surface area contributed by atoms with Gasteiger partial charge in [0.25, 0.3) is 0 Å². The summed E-state index contributed by atoms with van der Waals surface area (Å²) < 4.78 is 6.29. The second-order valence-corrected chi connectivity index (χ2v) is 10.6. The van der Waals surface area contributed by atoms with Crippen molar-refractivity contribution in [3.8, 4) is 56.8 Å². The number of fused-ring (bicyclic) bond motifs is 2. The molecule has 1 aliphatic rings. The summed E-state index contributed by atoms with van der Waals surface area (Å²) in [6.07, 6.45) is 0. The molecule has 0 bridgehead atoms. The van der Waals surface area contributed by atoms with Gasteiger partial charge in [-0.05, 0) is 41.5 Å². The van der Waals surface area contributed by atoms with Crippen molar-refractivity contribution in [1.29, 1.82) is 0 Å². The van der Waals surface area contributed by atoms with E-state index in [0.717, 1.165) is 44.9 Å². The molecule has 1 aliphatic heterocycles. The molecule has 0 amide bonds. The Morgan fingerprint density at radius 1 is 0.425 bits per heavy atom. The molecule has 0 spiro atoms. The minimum Gasteiger partial charge on any atom is -0.457 e. The van der Waals surface area contributed by atoms with E-state index in [-0.39, 0.29) is 5.41 Å². The summed E-state index contributed by atoms with van der Waals surface area (Å²) in [5.41, 5.74) is 7.13. The van der Waals surface area contributed by atoms with Crippen LogP contribution in [0.2, 0.25) is 0 Å². The highest BCUT2D eigenvalue weighted by atomic mass is 16.5. The molecule has 7 rings (SSSR count). The molecule has 0 radical (unpaired) electrons. The third-order valence-corrected chi connectivity index (χ3v) is 7.59. The van der Waals surface area contributed by atoms with Gasteiger partial charge in [0, 0.05) is 33.2 Å². The third-order valence-electron chi connectivity index (χ3n) is 7.59. The molecular weight excluding hydrogens is 490 g/mol. The lowest BCUT2D eigenvalue weighted by molar-refractivity contribution is 0.418. The first-order valence-electron chi connectivity index (χ1n) is 13.5. The van der Waals surface area contributed by atoms with E-state index in [0.29, 0.717) is 17.5 Å². The summed E-state index contributed by atoms with van der Waals surface area (Å²) in [4.78, 5) is 14.9. The summed E-state index contributed by atoms with van der Waals surface area (Å²) in [6, 6.07) is 43.3. The summed E-state index contributed by atoms with van der Waals surface area (Å²) in [5, 5.41) is 0. The Balaban J connectivity index is 1.38. The molecule has 0 N–H and O–H groups in total. The van der Waals surface area contributed by atoms with E-state index in [2.05, 4.69) is 80.6 Å². The quantitative estimate of drug-likeness (QED) is 0.234. The highest BCUT2D eigenvalue weighted by molar-refractivity contribution is 5.73. The number of nitrogens with zero attached hydrogens (tertiary/aromatic N) is 3. The lowest BCUT2D eigenvalue weighted by Crippen LogP contribution is -2.24. The Bertz CT molecular complexity index is 1850. The number of rotatable bonds is 4. The summed E-state index contributed by atoms with van der Waals surface area (Å²) in [7, 11) is 0. The Kier molecular flexibility index (Phi) is 5.75. The van der Waals surface area contributed by atoms with Crippen molar-refractivity contribution < 1.29 is 4.74 Å². The predicted octanol–water partition coefficient (Wildman–Crippen LogP) is 8.97. The van der Waals surface area contributed by atoms with Crippen LogP contribution in [0.1, 0.15) is 25.0 Å². The zero-order chi connectivity index (χ0) is 27.1. The van der Waals surface area contributed by atoms with E-state index in [4.69, 9.17) is 19.7 Å². The Morgan fingerprint density at radius 2 is 0.950 bits per heavy atom. The molecule has 4 nitrogen and oxygen atoms in total. The van der Waals surface area contributed by atoms with Crippen LogP contribution in [-0.2, 0) is 5.41 Å². The van der Waals surface area contributed by atoms with Crippen molar-refractivity contribution in [1.82, 2.24) is 15.0 Å². The van der Waals surface area contributed by atoms with E-state index >= 15 is 0 Å². The molecule has 0 unspecified atom stereocenters. The third kappa shape index (κ3) is 4.24. The predicted molar refractivity (Wildman–Crippen MR) is 160 cm³/mol. The largest absolute Gasteiger partial charge is 0.457 e. The molecule has 4 heteroatoms. The monoisotopic (exact) mass is 517 g/mol. The SMILES string of the molecule is CC1(C)c2ccccc2Oc2ccc(-c3nc(-c4ccccc4)nc(-c4cccc(-c5ccccc5)c4)n3)cc21. The smallest absolute Gasteiger partial charge is 0.164 e. The fraction of sp³-hybridized carbons (Fsp3) is 0.0833. The van der Waals surface area contributed by atoms with Crippen LogP contribution in [0.3, 0.4) is 0 Å². The molecular formula is C36H27N3O. The summed E-state index contributed by atoms with van der Waals surface area (Å²) in [5.74, 6) is 3.68. The van der Waals surface area contributed by atoms with Crippen LogP contribution in [0.15, 0.2) is 127 Å². The first kappa shape index (κ1) is 24.0. The first-order valence-corrected chi connectivity index (χ1v) is 13.5. The van der Waals surface area contributed by atoms with Gasteiger partial charge in [-0.1, -0.05) is 111 Å². The molecule has 1 aromatic heterocycles. The van der Waals surface area contributed by atoms with Gasteiger partial charge < -0.3 is 4.74 Å². The van der Waals surface area contributed by atoms with Crippen molar-refractivity contribution in [2.45, 2.75) is 19.3 Å². The lowest BCUT2D eigenvalue weighted by Gasteiger charge is -2.34. The summed E-state index contributed by atoms with van der Waals surface area (Å²) >= 11 is 0. The van der Waals surface area contributed by atoms with Gasteiger partial charge in [-0.2, -0.15) is 0 Å². The highest BCUT2D eigenvalue weighted by Gasteiger charge is 2.34. The molecule has 0 fully saturated rings. The molecule has 40 heavy (non-hydrogen) atoms. The average molecular weight is 518 g/mol. The second-order valence-electron chi connectivity index (χ2n) is 10.6. The first-order chi connectivity index (χ1) is 19.6. The second kappa shape index (κ2) is 9.58. The summed E-state index contributed by atoms with van der Waals surface area (Å²) in [6.45, 7) is 4.47. The van der Waals surface area contributed by atoms with Crippen molar-refractivity contribution >= 4 is 0 Å². The molecule has 0 aliphatic carbocycles. The van der Waals surface area contributed by atoms with E-state index in [1.165, 1.54) is 5.56 Å². The maximum Gasteiger partial charge on any atom is 0.164 e. The normalized spacial score (nSPS) is 13.2. The highest BCUT2D eigenvalue weighted by Crippen LogP contribution is 2.48. The van der Waals surface area contributed by atoms with E-state index in [9.17, 15) is 0 Å². The zero-order valence-corrected chi connectivity index (χ0v) is 22.4. The van der Waals surface area contributed by atoms with Crippen molar-refractivity contribution in [3.63, 3.8) is 0 Å². The molecule has 0 saturated carbocycles. The molecule has 192 valence electrons. The Labute approximate surface area is 234 Å². The van der Waals surface area contributed by atoms with E-state index in [1.807, 2.05) is 60.7 Å². The van der Waals surface area contributed by atoms with Gasteiger partial charge >= 0.3 is 0 Å². The van der Waals surface area contributed by atoms with Crippen LogP contribution in [0.4, 0.5) is 0 Å². The molecule has 0 saturated heterocycles. The van der Waals surface area contributed by atoms with Gasteiger partial charge in [0.2, 0.25) is 0 Å². The molecule has 0 atom stereocenters. The van der Waals surface area contributed by atoms with Gasteiger partial charge in [0.1, 0.15) is 11.5 Å². The van der Waals surface area contributed by atoms with Crippen molar-refractivity contribution in [2.24, 2.45) is 0 Å². The molecule has 6 aromatic rings. The minimum atomic E-state index is -0.234. The van der Waals surface area contributed by atoms with Gasteiger partial charge in [-0.15, -0.1) is 0 Å². The van der Waals surface area contributed by atoms with Gasteiger partial charge in [0.05, 0.1) is 0 Å². The van der Waals surface area contributed by atoms with Crippen LogP contribution in [-0.4, -0.2) is 15.0 Å². The standard InChI is InChI=1S/C36H27N3O/c1-36(2)29-18-9-10-19-31(29)40-32-21-20-28(23-30(32)36)35-38-33(25-14-7-4-8-15-25)37-34(39-35)27-17-11-16-26(22-27)24-12-5-3-6-13-24/h3-23H,1-2H3. The maximum atomic E-state index is 6.29. The number of hydrogen-bond acceptors (Lipinski definition) is 4. The topological polar surface area (TPSA) is 47.9 Å². The van der Waals surface area contributed by atoms with E-state index < -0.39 is 0 Å². The number of benzene rings is 5. The fourth-order valence-electron chi connectivity index (χ4n) is 5.40. The minimum absolute atomic E-state index is 0.234. The Hall–Kier alpha value is -5.09. The Morgan fingerprint density at radius 3 is 1.68 bits per heavy atom. The van der Waals surface area contributed by atoms with Crippen LogP contribution in [0.5, 0.6) is 11.5 Å². The maximum absolute atomic E-state index is 6.29. The number of hydrogen-bond donors (Lipinski definition) is 0. The zero-order valence-electron chi connectivity index (χ0n) is 22.4. The van der Waals surface area contributed by atoms with Gasteiger partial charge in [-0.25, -0.2) is 15.0 Å². The van der Waals surface area contributed by atoms with Crippen molar-refractivity contribution in [3.05, 3.63) is 139 Å². The number of aromatic nitrogens is 3. The molecule has 5 aromatic carbocycles. The van der Waals surface area contributed by atoms with E-state index in [1.54, 1.807) is 0 Å². The van der Waals surface area contributed by atoms with Crippen LogP contribution < -0.4 is 4.74 Å². The fourth-order valence-corrected chi connectivity index (χ4v) is 5.40. The lowest BCUT2D eigenvalue weighted by atomic mass is 9.75. The average Bonchev–Trinajstić information content (AvgIpc) is 3.02. The van der Waals surface area contributed by atoms with Crippen molar-refractivity contribution in [2.75, 3.05) is 0 Å².